The van der Waals surface area contributed by atoms with Crippen molar-refractivity contribution in [2.45, 2.75) is 38.3 Å². The highest BCUT2D eigenvalue weighted by Gasteiger charge is 2.19. The number of rotatable bonds is 9. The second-order valence-corrected chi connectivity index (χ2v) is 10.3. The molecule has 0 fully saturated rings. The van der Waals surface area contributed by atoms with Gasteiger partial charge in [0.2, 0.25) is 0 Å². The van der Waals surface area contributed by atoms with Crippen molar-refractivity contribution in [1.29, 1.82) is 0 Å². The quantitative estimate of drug-likeness (QED) is 0.172. The van der Waals surface area contributed by atoms with Crippen LogP contribution in [0.15, 0.2) is 89.1 Å². The number of hydrogen-bond acceptors (Lipinski definition) is 6. The molecule has 0 radical (unpaired) electrons. The van der Waals surface area contributed by atoms with Gasteiger partial charge in [-0.15, -0.1) is 10.2 Å². The zero-order valence-electron chi connectivity index (χ0n) is 21.5. The van der Waals surface area contributed by atoms with Gasteiger partial charge in [0.25, 0.3) is 5.91 Å². The Kier molecular flexibility index (Phi) is 8.40. The van der Waals surface area contributed by atoms with Crippen LogP contribution in [0, 0.1) is 0 Å². The minimum atomic E-state index is -0.231. The molecule has 4 aromatic rings. The first-order chi connectivity index (χ1) is 17.8. The summed E-state index contributed by atoms with van der Waals surface area (Å²) in [6, 6.07) is 25.8. The van der Waals surface area contributed by atoms with Crippen molar-refractivity contribution < 1.29 is 9.53 Å². The Morgan fingerprint density at radius 2 is 1.70 bits per heavy atom. The zero-order chi connectivity index (χ0) is 26.3. The molecule has 0 aliphatic heterocycles. The molecule has 0 bridgehead atoms. The van der Waals surface area contributed by atoms with Crippen LogP contribution in [0.25, 0.3) is 17.1 Å². The maximum atomic E-state index is 12.5. The summed E-state index contributed by atoms with van der Waals surface area (Å²) >= 11 is 1.31. The molecule has 0 saturated heterocycles. The number of nitrogens with one attached hydrogen (secondary N) is 1. The molecule has 0 aliphatic rings. The molecule has 190 valence electrons. The number of hydrogen-bond donors (Lipinski definition) is 1. The number of amides is 1. The Labute approximate surface area is 222 Å². The van der Waals surface area contributed by atoms with Gasteiger partial charge in [0.15, 0.2) is 11.0 Å². The summed E-state index contributed by atoms with van der Waals surface area (Å²) in [6.07, 6.45) is 1.60. The Morgan fingerprint density at radius 1 is 1.00 bits per heavy atom. The van der Waals surface area contributed by atoms with Gasteiger partial charge in [0.05, 0.1) is 18.6 Å². The van der Waals surface area contributed by atoms with Crippen LogP contribution < -0.4 is 10.2 Å². The van der Waals surface area contributed by atoms with E-state index in [2.05, 4.69) is 65.8 Å². The number of hydrazone groups is 1. The van der Waals surface area contributed by atoms with Crippen LogP contribution in [0.1, 0.15) is 38.8 Å². The average Bonchev–Trinajstić information content (AvgIpc) is 3.33. The van der Waals surface area contributed by atoms with Gasteiger partial charge in [0.1, 0.15) is 5.75 Å². The van der Waals surface area contributed by atoms with Gasteiger partial charge < -0.3 is 4.74 Å². The van der Waals surface area contributed by atoms with Crippen molar-refractivity contribution in [3.8, 4) is 22.8 Å². The number of carbonyl (C=O) groups excluding carboxylic acids is 1. The van der Waals surface area contributed by atoms with E-state index in [0.717, 1.165) is 28.4 Å². The van der Waals surface area contributed by atoms with Crippen molar-refractivity contribution in [3.63, 3.8) is 0 Å². The van der Waals surface area contributed by atoms with Gasteiger partial charge in [-0.3, -0.25) is 9.36 Å². The van der Waals surface area contributed by atoms with Gasteiger partial charge in [-0.05, 0) is 59.9 Å². The number of para-hydroxylation sites is 1. The minimum absolute atomic E-state index is 0.0649. The van der Waals surface area contributed by atoms with Gasteiger partial charge in [-0.25, -0.2) is 5.43 Å². The fourth-order valence-electron chi connectivity index (χ4n) is 3.64. The second-order valence-electron chi connectivity index (χ2n) is 9.39. The maximum Gasteiger partial charge on any atom is 0.250 e. The number of ether oxygens (including phenoxy) is 1. The van der Waals surface area contributed by atoms with Gasteiger partial charge in [-0.2, -0.15) is 5.10 Å². The summed E-state index contributed by atoms with van der Waals surface area (Å²) in [6.45, 7) is 9.13. The molecule has 1 aromatic heterocycles. The van der Waals surface area contributed by atoms with E-state index in [1.54, 1.807) is 6.21 Å². The molecule has 0 aliphatic carbocycles. The molecule has 0 saturated carbocycles. The molecule has 3 aromatic carbocycles. The SMILES string of the molecule is CCOc1ccc(/C=N/NC(=O)CSc2nnc(-c3ccc(C(C)(C)C)cc3)n2-c2ccccc2)cc1. The number of nitrogens with zero attached hydrogens (tertiary/aromatic N) is 4. The van der Waals surface area contributed by atoms with E-state index in [1.165, 1.54) is 17.3 Å². The molecular weight excluding hydrogens is 482 g/mol. The fraction of sp³-hybridized carbons (Fsp3) is 0.241. The molecular formula is C29H31N5O2S. The Balaban J connectivity index is 1.47. The van der Waals surface area contributed by atoms with Crippen molar-refractivity contribution in [3.05, 3.63) is 90.0 Å². The third-order valence-electron chi connectivity index (χ3n) is 5.58. The van der Waals surface area contributed by atoms with Crippen LogP contribution in [-0.2, 0) is 10.2 Å². The van der Waals surface area contributed by atoms with E-state index in [1.807, 2.05) is 66.1 Å². The van der Waals surface area contributed by atoms with Crippen LogP contribution in [0.5, 0.6) is 5.75 Å². The Bertz CT molecular complexity index is 1340. The summed E-state index contributed by atoms with van der Waals surface area (Å²) in [5.74, 6) is 1.44. The summed E-state index contributed by atoms with van der Waals surface area (Å²) in [5.41, 5.74) is 6.65. The predicted molar refractivity (Wildman–Crippen MR) is 150 cm³/mol. The fourth-order valence-corrected chi connectivity index (χ4v) is 4.38. The molecule has 37 heavy (non-hydrogen) atoms. The lowest BCUT2D eigenvalue weighted by Gasteiger charge is -2.19. The van der Waals surface area contributed by atoms with E-state index in [4.69, 9.17) is 4.74 Å². The third kappa shape index (κ3) is 6.86. The molecule has 4 rings (SSSR count). The average molecular weight is 514 g/mol. The van der Waals surface area contributed by atoms with E-state index < -0.39 is 0 Å². The first kappa shape index (κ1) is 26.2. The molecule has 8 heteroatoms. The molecule has 0 unspecified atom stereocenters. The lowest BCUT2D eigenvalue weighted by molar-refractivity contribution is -0.118. The number of aromatic nitrogens is 3. The van der Waals surface area contributed by atoms with Gasteiger partial charge in [0, 0.05) is 11.3 Å². The van der Waals surface area contributed by atoms with Crippen LogP contribution in [0.4, 0.5) is 0 Å². The third-order valence-corrected chi connectivity index (χ3v) is 6.51. The molecule has 1 heterocycles. The Hall–Kier alpha value is -3.91. The Morgan fingerprint density at radius 3 is 2.35 bits per heavy atom. The van der Waals surface area contributed by atoms with Crippen molar-refractivity contribution in [1.82, 2.24) is 20.2 Å². The largest absolute Gasteiger partial charge is 0.494 e. The van der Waals surface area contributed by atoms with E-state index in [9.17, 15) is 4.79 Å². The topological polar surface area (TPSA) is 81.4 Å². The van der Waals surface area contributed by atoms with E-state index in [0.29, 0.717) is 11.8 Å². The van der Waals surface area contributed by atoms with Crippen molar-refractivity contribution in [2.75, 3.05) is 12.4 Å². The molecule has 1 amide bonds. The van der Waals surface area contributed by atoms with Crippen LogP contribution in [0.2, 0.25) is 0 Å². The normalized spacial score (nSPS) is 11.6. The highest BCUT2D eigenvalue weighted by molar-refractivity contribution is 7.99. The summed E-state index contributed by atoms with van der Waals surface area (Å²) in [4.78, 5) is 12.5. The minimum Gasteiger partial charge on any atom is -0.494 e. The number of benzene rings is 3. The first-order valence-corrected chi connectivity index (χ1v) is 13.1. The van der Waals surface area contributed by atoms with Gasteiger partial charge in [-0.1, -0.05) is 75.0 Å². The number of carbonyl (C=O) groups is 1. The highest BCUT2D eigenvalue weighted by atomic mass is 32.2. The molecule has 1 N–H and O–H groups in total. The number of thioether (sulfide) groups is 1. The molecule has 0 atom stereocenters. The molecule has 0 spiro atoms. The van der Waals surface area contributed by atoms with Gasteiger partial charge >= 0.3 is 0 Å². The zero-order valence-corrected chi connectivity index (χ0v) is 22.3. The molecule has 7 nitrogen and oxygen atoms in total. The van der Waals surface area contributed by atoms with E-state index >= 15 is 0 Å². The monoisotopic (exact) mass is 513 g/mol. The summed E-state index contributed by atoms with van der Waals surface area (Å²) < 4.78 is 7.42. The van der Waals surface area contributed by atoms with Crippen LogP contribution in [-0.4, -0.2) is 39.2 Å². The second kappa shape index (κ2) is 11.9. The lowest BCUT2D eigenvalue weighted by Crippen LogP contribution is -2.20. The lowest BCUT2D eigenvalue weighted by atomic mass is 9.87. The standard InChI is InChI=1S/C29H31N5O2S/c1-5-36-25-17-11-21(12-18-25)19-30-31-26(35)20-37-28-33-32-27(34(28)24-9-7-6-8-10-24)22-13-15-23(16-14-22)29(2,3)4/h6-19H,5,20H2,1-4H3,(H,31,35)/b30-19+. The smallest absolute Gasteiger partial charge is 0.250 e. The first-order valence-electron chi connectivity index (χ1n) is 12.1. The van der Waals surface area contributed by atoms with Crippen molar-refractivity contribution in [2.24, 2.45) is 5.10 Å². The summed E-state index contributed by atoms with van der Waals surface area (Å²) in [5, 5.41) is 13.6. The highest BCUT2D eigenvalue weighted by Crippen LogP contribution is 2.30. The van der Waals surface area contributed by atoms with Crippen molar-refractivity contribution >= 4 is 23.9 Å². The summed E-state index contributed by atoms with van der Waals surface area (Å²) in [7, 11) is 0. The predicted octanol–water partition coefficient (Wildman–Crippen LogP) is 5.87. The van der Waals surface area contributed by atoms with Crippen LogP contribution in [0.3, 0.4) is 0 Å². The maximum absolute atomic E-state index is 12.5. The van der Waals surface area contributed by atoms with Crippen LogP contribution >= 0.6 is 11.8 Å². The van der Waals surface area contributed by atoms with E-state index in [-0.39, 0.29) is 17.1 Å².